The van der Waals surface area contributed by atoms with Crippen molar-refractivity contribution in [1.29, 1.82) is 0 Å². The third-order valence-corrected chi connectivity index (χ3v) is 6.76. The fourth-order valence-electron chi connectivity index (χ4n) is 3.90. The Morgan fingerprint density at radius 1 is 1.23 bits per heavy atom. The van der Waals surface area contributed by atoms with E-state index in [0.717, 1.165) is 19.5 Å². The van der Waals surface area contributed by atoms with Crippen molar-refractivity contribution in [2.75, 3.05) is 30.3 Å². The van der Waals surface area contributed by atoms with Crippen molar-refractivity contribution in [3.63, 3.8) is 0 Å². The molecule has 0 bridgehead atoms. The van der Waals surface area contributed by atoms with Crippen LogP contribution in [0.4, 0.5) is 15.8 Å². The summed E-state index contributed by atoms with van der Waals surface area (Å²) in [5.74, 6) is -0.617. The van der Waals surface area contributed by atoms with Crippen molar-refractivity contribution < 1.29 is 9.18 Å². The highest BCUT2D eigenvalue weighted by Gasteiger charge is 2.19. The number of pyridine rings is 1. The van der Waals surface area contributed by atoms with Gasteiger partial charge in [0, 0.05) is 30.7 Å². The van der Waals surface area contributed by atoms with Crippen LogP contribution in [-0.4, -0.2) is 30.5 Å². The third-order valence-electron chi connectivity index (χ3n) is 5.65. The molecule has 158 valence electrons. The molecule has 0 aliphatic carbocycles. The van der Waals surface area contributed by atoms with E-state index in [1.807, 2.05) is 6.92 Å². The zero-order valence-corrected chi connectivity index (χ0v) is 18.0. The molecular weight excluding hydrogens is 399 g/mol. The number of anilines is 2. The second-order valence-electron chi connectivity index (χ2n) is 7.69. The van der Waals surface area contributed by atoms with Crippen LogP contribution in [0.25, 0.3) is 10.2 Å². The van der Waals surface area contributed by atoms with E-state index in [-0.39, 0.29) is 11.7 Å². The maximum absolute atomic E-state index is 14.0. The number of aromatic nitrogens is 1. The van der Waals surface area contributed by atoms with Gasteiger partial charge in [0.25, 0.3) is 5.91 Å². The number of carbonyl (C=O) groups excluding carboxylic acids is 1. The molecule has 1 saturated heterocycles. The second kappa shape index (κ2) is 9.00. The molecule has 1 aliphatic heterocycles. The average Bonchev–Trinajstić information content (AvgIpc) is 3.09. The maximum Gasteiger partial charge on any atom is 0.263 e. The molecule has 0 saturated carbocycles. The quantitative estimate of drug-likeness (QED) is 0.607. The van der Waals surface area contributed by atoms with Gasteiger partial charge in [-0.25, -0.2) is 9.37 Å². The highest BCUT2D eigenvalue weighted by atomic mass is 32.1. The van der Waals surface area contributed by atoms with Gasteiger partial charge in [0.15, 0.2) is 0 Å². The Labute approximate surface area is 180 Å². The van der Waals surface area contributed by atoms with E-state index in [1.165, 1.54) is 47.9 Å². The van der Waals surface area contributed by atoms with Gasteiger partial charge in [0.1, 0.15) is 15.5 Å². The zero-order valence-electron chi connectivity index (χ0n) is 17.2. The molecule has 4 rings (SSSR count). The smallest absolute Gasteiger partial charge is 0.263 e. The van der Waals surface area contributed by atoms with Crippen LogP contribution in [-0.2, 0) is 12.8 Å². The summed E-state index contributed by atoms with van der Waals surface area (Å²) in [5.41, 5.74) is 9.25. The minimum atomic E-state index is -0.380. The molecule has 7 heteroatoms. The SMILES string of the molecule is CCc1nc2sc(C(=O)NCCc3ccc(N4CCCCC4)cc3)c(N)c2cc1F. The molecule has 0 unspecified atom stereocenters. The Morgan fingerprint density at radius 2 is 1.97 bits per heavy atom. The minimum absolute atomic E-state index is 0.237. The Kier molecular flexibility index (Phi) is 6.18. The van der Waals surface area contributed by atoms with E-state index in [0.29, 0.717) is 39.4 Å². The summed E-state index contributed by atoms with van der Waals surface area (Å²) in [5, 5.41) is 3.44. The van der Waals surface area contributed by atoms with Gasteiger partial charge >= 0.3 is 0 Å². The Morgan fingerprint density at radius 3 is 2.67 bits per heavy atom. The predicted molar refractivity (Wildman–Crippen MR) is 122 cm³/mol. The van der Waals surface area contributed by atoms with E-state index in [2.05, 4.69) is 39.5 Å². The summed E-state index contributed by atoms with van der Waals surface area (Å²) in [6, 6.07) is 9.97. The van der Waals surface area contributed by atoms with Crippen molar-refractivity contribution in [3.8, 4) is 0 Å². The van der Waals surface area contributed by atoms with Crippen LogP contribution in [0.3, 0.4) is 0 Å². The predicted octanol–water partition coefficient (Wildman–Crippen LogP) is 4.54. The summed E-state index contributed by atoms with van der Waals surface area (Å²) in [6.07, 6.45) is 5.08. The Bertz CT molecular complexity index is 1040. The molecule has 0 radical (unpaired) electrons. The van der Waals surface area contributed by atoms with E-state index in [9.17, 15) is 9.18 Å². The number of hydrogen-bond acceptors (Lipinski definition) is 5. The van der Waals surface area contributed by atoms with Crippen molar-refractivity contribution >= 4 is 38.8 Å². The molecule has 1 amide bonds. The number of carbonyl (C=O) groups is 1. The van der Waals surface area contributed by atoms with Crippen LogP contribution >= 0.6 is 11.3 Å². The fourth-order valence-corrected chi connectivity index (χ4v) is 4.91. The van der Waals surface area contributed by atoms with Gasteiger partial charge in [-0.15, -0.1) is 11.3 Å². The lowest BCUT2D eigenvalue weighted by atomic mass is 10.1. The van der Waals surface area contributed by atoms with Gasteiger partial charge in [-0.2, -0.15) is 0 Å². The number of hydrogen-bond donors (Lipinski definition) is 2. The van der Waals surface area contributed by atoms with Crippen LogP contribution in [0.15, 0.2) is 30.3 Å². The van der Waals surface area contributed by atoms with Crippen molar-refractivity contribution in [3.05, 3.63) is 52.3 Å². The van der Waals surface area contributed by atoms with Gasteiger partial charge in [-0.1, -0.05) is 19.1 Å². The average molecular weight is 427 g/mol. The summed E-state index contributed by atoms with van der Waals surface area (Å²) >= 11 is 1.21. The normalized spacial score (nSPS) is 14.3. The second-order valence-corrected chi connectivity index (χ2v) is 8.69. The van der Waals surface area contributed by atoms with Gasteiger partial charge in [-0.05, 0) is 55.9 Å². The number of nitrogen functional groups attached to an aromatic ring is 1. The molecule has 3 N–H and O–H groups in total. The topological polar surface area (TPSA) is 71.2 Å². The molecular formula is C23H27FN4OS. The van der Waals surface area contributed by atoms with Crippen LogP contribution in [0.1, 0.15) is 47.1 Å². The van der Waals surface area contributed by atoms with Crippen molar-refractivity contribution in [2.45, 2.75) is 39.0 Å². The molecule has 0 atom stereocenters. The number of nitrogens with one attached hydrogen (secondary N) is 1. The first-order valence-corrected chi connectivity index (χ1v) is 11.4. The Hall–Kier alpha value is -2.67. The van der Waals surface area contributed by atoms with Crippen molar-refractivity contribution in [2.24, 2.45) is 0 Å². The molecule has 3 heterocycles. The first-order valence-electron chi connectivity index (χ1n) is 10.6. The summed E-state index contributed by atoms with van der Waals surface area (Å²) < 4.78 is 14.0. The number of thiophene rings is 1. The molecule has 30 heavy (non-hydrogen) atoms. The Balaban J connectivity index is 1.37. The number of amides is 1. The number of fused-ring (bicyclic) bond motifs is 1. The van der Waals surface area contributed by atoms with Gasteiger partial charge in [0.2, 0.25) is 0 Å². The largest absolute Gasteiger partial charge is 0.397 e. The number of piperidine rings is 1. The van der Waals surface area contributed by atoms with E-state index in [1.54, 1.807) is 0 Å². The van der Waals surface area contributed by atoms with Crippen molar-refractivity contribution in [1.82, 2.24) is 10.3 Å². The number of nitrogens with two attached hydrogens (primary N) is 1. The lowest BCUT2D eigenvalue weighted by molar-refractivity contribution is 0.0959. The molecule has 1 aliphatic rings. The number of nitrogens with zero attached hydrogens (tertiary/aromatic N) is 2. The van der Waals surface area contributed by atoms with E-state index in [4.69, 9.17) is 5.73 Å². The van der Waals surface area contributed by atoms with Crippen LogP contribution in [0, 0.1) is 5.82 Å². The number of aryl methyl sites for hydroxylation is 1. The summed E-state index contributed by atoms with van der Waals surface area (Å²) in [7, 11) is 0. The molecule has 5 nitrogen and oxygen atoms in total. The summed E-state index contributed by atoms with van der Waals surface area (Å²) in [6.45, 7) is 4.62. The zero-order chi connectivity index (χ0) is 21.1. The van der Waals surface area contributed by atoms with Crippen LogP contribution < -0.4 is 16.0 Å². The third kappa shape index (κ3) is 4.26. The van der Waals surface area contributed by atoms with E-state index < -0.39 is 0 Å². The highest BCUT2D eigenvalue weighted by Crippen LogP contribution is 2.33. The number of rotatable bonds is 6. The first kappa shape index (κ1) is 20.6. The monoisotopic (exact) mass is 426 g/mol. The lowest BCUT2D eigenvalue weighted by Gasteiger charge is -2.28. The van der Waals surface area contributed by atoms with Gasteiger partial charge < -0.3 is 16.0 Å². The highest BCUT2D eigenvalue weighted by molar-refractivity contribution is 7.21. The molecule has 3 aromatic rings. The summed E-state index contributed by atoms with van der Waals surface area (Å²) in [4.78, 5) is 20.4. The molecule has 2 aromatic heterocycles. The standard InChI is InChI=1S/C23H27FN4OS/c1-2-19-18(24)14-17-20(25)21(30-23(17)27-19)22(29)26-11-10-15-6-8-16(9-7-15)28-12-4-3-5-13-28/h6-9,14H,2-5,10-13,25H2,1H3,(H,26,29). The molecule has 0 spiro atoms. The molecule has 1 aromatic carbocycles. The van der Waals surface area contributed by atoms with Crippen LogP contribution in [0.2, 0.25) is 0 Å². The number of benzene rings is 1. The molecule has 1 fully saturated rings. The lowest BCUT2D eigenvalue weighted by Crippen LogP contribution is -2.29. The fraction of sp³-hybridized carbons (Fsp3) is 0.391. The van der Waals surface area contributed by atoms with Gasteiger partial charge in [0.05, 0.1) is 11.4 Å². The number of halogens is 1. The minimum Gasteiger partial charge on any atom is -0.397 e. The van der Waals surface area contributed by atoms with E-state index >= 15 is 0 Å². The van der Waals surface area contributed by atoms with Gasteiger partial charge in [-0.3, -0.25) is 4.79 Å². The van der Waals surface area contributed by atoms with Crippen LogP contribution in [0.5, 0.6) is 0 Å². The first-order chi connectivity index (χ1) is 14.6. The maximum atomic E-state index is 14.0.